The molecule has 1 fully saturated rings. The van der Waals surface area contributed by atoms with E-state index < -0.39 is 28.8 Å². The molecule has 2 aromatic rings. The second-order valence-electron chi connectivity index (χ2n) is 7.88. The number of carbonyl (C=O) groups excluding carboxylic acids is 2. The van der Waals surface area contributed by atoms with Crippen molar-refractivity contribution in [3.63, 3.8) is 0 Å². The van der Waals surface area contributed by atoms with Crippen LogP contribution in [0.15, 0.2) is 60.2 Å². The van der Waals surface area contributed by atoms with Gasteiger partial charge in [-0.05, 0) is 6.42 Å². The lowest BCUT2D eigenvalue weighted by Crippen LogP contribution is -2.66. The first kappa shape index (κ1) is 19.0. The number of benzene rings is 2. The molecular weight excluding hydrogens is 386 g/mol. The lowest BCUT2D eigenvalue weighted by molar-refractivity contribution is -0.312. The minimum Gasteiger partial charge on any atom is -0.454 e. The molecule has 2 atom stereocenters. The Hall–Kier alpha value is -3.00. The van der Waals surface area contributed by atoms with Gasteiger partial charge in [-0.2, -0.15) is 0 Å². The number of carbonyl (C=O) groups is 2. The van der Waals surface area contributed by atoms with E-state index in [4.69, 9.17) is 4.74 Å². The van der Waals surface area contributed by atoms with Gasteiger partial charge in [0.1, 0.15) is 5.76 Å². The summed E-state index contributed by atoms with van der Waals surface area (Å²) in [6.45, 7) is 1.98. The molecule has 5 rings (SSSR count). The van der Waals surface area contributed by atoms with Crippen molar-refractivity contribution >= 4 is 17.4 Å². The van der Waals surface area contributed by atoms with E-state index in [1.807, 2.05) is 6.92 Å². The first-order valence-corrected chi connectivity index (χ1v) is 9.95. The van der Waals surface area contributed by atoms with Gasteiger partial charge in [0.25, 0.3) is 17.5 Å². The van der Waals surface area contributed by atoms with Gasteiger partial charge < -0.3 is 25.0 Å². The molecule has 3 N–H and O–H groups in total. The van der Waals surface area contributed by atoms with Crippen LogP contribution in [0.5, 0.6) is 0 Å². The number of ketones is 1. The Morgan fingerprint density at radius 1 is 0.933 bits per heavy atom. The van der Waals surface area contributed by atoms with Gasteiger partial charge >= 0.3 is 0 Å². The summed E-state index contributed by atoms with van der Waals surface area (Å²) in [5.41, 5.74) is -1.85. The van der Waals surface area contributed by atoms with Gasteiger partial charge in [0.05, 0.1) is 5.57 Å². The molecule has 0 unspecified atom stereocenters. The number of likely N-dealkylation sites (tertiary alicyclic amines) is 1. The van der Waals surface area contributed by atoms with Crippen molar-refractivity contribution in [2.24, 2.45) is 0 Å². The van der Waals surface area contributed by atoms with Crippen LogP contribution in [0.2, 0.25) is 0 Å². The summed E-state index contributed by atoms with van der Waals surface area (Å²) in [7, 11) is 0. The molecule has 1 saturated heterocycles. The Morgan fingerprint density at radius 2 is 1.57 bits per heavy atom. The van der Waals surface area contributed by atoms with Crippen LogP contribution in [0.3, 0.4) is 0 Å². The van der Waals surface area contributed by atoms with E-state index in [2.05, 4.69) is 0 Å². The van der Waals surface area contributed by atoms with Gasteiger partial charge in [-0.3, -0.25) is 9.59 Å². The highest BCUT2D eigenvalue weighted by Gasteiger charge is 2.84. The quantitative estimate of drug-likeness (QED) is 0.522. The number of amides is 1. The van der Waals surface area contributed by atoms with Crippen molar-refractivity contribution < 1.29 is 29.6 Å². The normalized spacial score (nSPS) is 28.5. The van der Waals surface area contributed by atoms with Crippen molar-refractivity contribution in [3.8, 4) is 0 Å². The number of Topliss-reactive ketones (excluding diaryl/α,β-unsaturated/α-hetero) is 1. The highest BCUT2D eigenvalue weighted by molar-refractivity contribution is 6.48. The topological polar surface area (TPSA) is 107 Å². The average molecular weight is 407 g/mol. The Bertz CT molecular complexity index is 1110. The Morgan fingerprint density at radius 3 is 2.23 bits per heavy atom. The van der Waals surface area contributed by atoms with Gasteiger partial charge in [-0.25, -0.2) is 0 Å². The third kappa shape index (κ3) is 1.90. The third-order valence-electron chi connectivity index (χ3n) is 6.34. The van der Waals surface area contributed by atoms with Crippen LogP contribution >= 0.6 is 0 Å². The maximum absolute atomic E-state index is 13.2. The molecule has 30 heavy (non-hydrogen) atoms. The number of fused-ring (bicyclic) bond motifs is 2. The highest BCUT2D eigenvalue weighted by Crippen LogP contribution is 2.67. The summed E-state index contributed by atoms with van der Waals surface area (Å²) >= 11 is 0. The first-order valence-electron chi connectivity index (χ1n) is 9.95. The zero-order valence-electron chi connectivity index (χ0n) is 16.3. The summed E-state index contributed by atoms with van der Waals surface area (Å²) in [6, 6.07) is 14.8. The van der Waals surface area contributed by atoms with Gasteiger partial charge in [0, 0.05) is 23.2 Å². The lowest BCUT2D eigenvalue weighted by atomic mass is 9.78. The zero-order valence-corrected chi connectivity index (χ0v) is 16.3. The Balaban J connectivity index is 1.87. The van der Waals surface area contributed by atoms with Crippen molar-refractivity contribution in [2.45, 2.75) is 36.9 Å². The highest BCUT2D eigenvalue weighted by atomic mass is 16.6. The van der Waals surface area contributed by atoms with Gasteiger partial charge in [0.15, 0.2) is 0 Å². The molecule has 0 saturated carbocycles. The second-order valence-corrected chi connectivity index (χ2v) is 7.88. The first-order chi connectivity index (χ1) is 14.3. The number of nitrogens with zero attached hydrogens (tertiary/aromatic N) is 1. The molecule has 154 valence electrons. The fourth-order valence-corrected chi connectivity index (χ4v) is 5.08. The van der Waals surface area contributed by atoms with Crippen molar-refractivity contribution in [1.29, 1.82) is 0 Å². The number of hydrogen-bond acceptors (Lipinski definition) is 6. The van der Waals surface area contributed by atoms with E-state index in [1.54, 1.807) is 42.5 Å². The van der Waals surface area contributed by atoms with Crippen molar-refractivity contribution in [1.82, 2.24) is 4.90 Å². The van der Waals surface area contributed by atoms with Crippen LogP contribution in [0.25, 0.3) is 5.76 Å². The van der Waals surface area contributed by atoms with E-state index in [0.29, 0.717) is 18.4 Å². The van der Waals surface area contributed by atoms with E-state index in [0.717, 1.165) is 4.90 Å². The van der Waals surface area contributed by atoms with Crippen LogP contribution in [0.4, 0.5) is 0 Å². The molecule has 0 aromatic heterocycles. The number of ether oxygens (including phenoxy) is 1. The summed E-state index contributed by atoms with van der Waals surface area (Å²) in [6.07, 6.45) is 1.21. The number of rotatable bonds is 4. The molecule has 1 spiro atoms. The van der Waals surface area contributed by atoms with Gasteiger partial charge in [0.2, 0.25) is 11.3 Å². The number of aliphatic hydroxyl groups is 3. The van der Waals surface area contributed by atoms with E-state index in [1.165, 1.54) is 12.1 Å². The smallest absolute Gasteiger partial charge is 0.296 e. The largest absolute Gasteiger partial charge is 0.454 e. The molecule has 3 aliphatic rings. The maximum Gasteiger partial charge on any atom is 0.296 e. The third-order valence-corrected chi connectivity index (χ3v) is 6.34. The Labute approximate surface area is 172 Å². The second kappa shape index (κ2) is 6.01. The number of unbranched alkanes of at least 4 members (excludes halogenated alkanes) is 1. The zero-order chi connectivity index (χ0) is 21.3. The van der Waals surface area contributed by atoms with Crippen LogP contribution < -0.4 is 0 Å². The summed E-state index contributed by atoms with van der Waals surface area (Å²) in [5, 5.41) is 34.8. The molecule has 2 heterocycles. The van der Waals surface area contributed by atoms with Crippen LogP contribution in [0.1, 0.15) is 36.5 Å². The SMILES string of the molecule is CCCCN1C(=O)C(=O)C2=C(c3ccccc3)O[C@]3(O)c4ccccc4C(O)(O)[C@]213. The summed E-state index contributed by atoms with van der Waals surface area (Å²) < 4.78 is 6.01. The molecule has 0 bridgehead atoms. The molecule has 2 aromatic carbocycles. The minimum absolute atomic E-state index is 0.00103. The molecular formula is C23H21NO6. The van der Waals surface area contributed by atoms with Crippen molar-refractivity contribution in [3.05, 3.63) is 76.9 Å². The average Bonchev–Trinajstić information content (AvgIpc) is 3.22. The summed E-state index contributed by atoms with van der Waals surface area (Å²) in [4.78, 5) is 27.4. The van der Waals surface area contributed by atoms with Gasteiger partial charge in [-0.1, -0.05) is 67.9 Å². The number of hydrogen-bond donors (Lipinski definition) is 3. The summed E-state index contributed by atoms with van der Waals surface area (Å²) in [5.74, 6) is -6.87. The van der Waals surface area contributed by atoms with Crippen molar-refractivity contribution in [2.75, 3.05) is 6.54 Å². The molecule has 0 radical (unpaired) electrons. The predicted octanol–water partition coefficient (Wildman–Crippen LogP) is 1.37. The molecule has 7 nitrogen and oxygen atoms in total. The van der Waals surface area contributed by atoms with Gasteiger partial charge in [-0.15, -0.1) is 0 Å². The fourth-order valence-electron chi connectivity index (χ4n) is 5.08. The minimum atomic E-state index is -2.74. The monoisotopic (exact) mass is 407 g/mol. The van der Waals surface area contributed by atoms with E-state index >= 15 is 0 Å². The molecule has 7 heteroatoms. The molecule has 1 aliphatic carbocycles. The fraction of sp³-hybridized carbons (Fsp3) is 0.304. The Kier molecular flexibility index (Phi) is 3.80. The van der Waals surface area contributed by atoms with Crippen LogP contribution in [-0.2, 0) is 25.9 Å². The standard InChI is InChI=1S/C23H21NO6/c1-2-3-13-24-20(26)18(25)17-19(14-9-5-4-6-10-14)30-23(29)16-12-8-7-11-15(16)22(27,28)21(17,23)24/h4-12,27-29H,2-3,13H2,1H3/t21-,23+/m0/s1. The van der Waals surface area contributed by atoms with Crippen LogP contribution in [0, 0.1) is 0 Å². The lowest BCUT2D eigenvalue weighted by Gasteiger charge is -2.45. The molecule has 1 amide bonds. The molecule has 2 aliphatic heterocycles. The van der Waals surface area contributed by atoms with Crippen LogP contribution in [-0.4, -0.2) is 44.0 Å². The predicted molar refractivity (Wildman–Crippen MR) is 105 cm³/mol. The van der Waals surface area contributed by atoms with E-state index in [-0.39, 0.29) is 29.0 Å². The van der Waals surface area contributed by atoms with E-state index in [9.17, 15) is 24.9 Å². The maximum atomic E-state index is 13.2.